The fourth-order valence-corrected chi connectivity index (χ4v) is 2.01. The molecule has 1 aromatic carbocycles. The smallest absolute Gasteiger partial charge is 0.227 e. The second kappa shape index (κ2) is 8.23. The molecule has 0 bridgehead atoms. The van der Waals surface area contributed by atoms with Gasteiger partial charge in [0.25, 0.3) is 0 Å². The third kappa shape index (κ3) is 6.12. The van der Waals surface area contributed by atoms with Gasteiger partial charge < -0.3 is 9.64 Å². The highest BCUT2D eigenvalue weighted by Gasteiger charge is 2.15. The van der Waals surface area contributed by atoms with Crippen LogP contribution in [0.1, 0.15) is 19.4 Å². The van der Waals surface area contributed by atoms with Gasteiger partial charge in [-0.25, -0.2) is 0 Å². The van der Waals surface area contributed by atoms with E-state index in [2.05, 4.69) is 26.5 Å². The van der Waals surface area contributed by atoms with E-state index in [0.29, 0.717) is 25.5 Å². The number of hydrogen-bond acceptors (Lipinski definition) is 3. The van der Waals surface area contributed by atoms with Crippen LogP contribution in [0.15, 0.2) is 29.2 Å². The monoisotopic (exact) mass is 281 g/mol. The molecule has 3 nitrogen and oxygen atoms in total. The molecule has 0 aliphatic carbocycles. The van der Waals surface area contributed by atoms with Crippen molar-refractivity contribution in [2.45, 2.75) is 25.2 Å². The van der Waals surface area contributed by atoms with Crippen molar-refractivity contribution in [3.8, 4) is 0 Å². The molecule has 0 saturated heterocycles. The zero-order valence-corrected chi connectivity index (χ0v) is 12.8. The Morgan fingerprint density at radius 3 is 2.47 bits per heavy atom. The third-order valence-electron chi connectivity index (χ3n) is 2.80. The summed E-state index contributed by atoms with van der Waals surface area (Å²) in [6, 6.07) is 7.72. The number of benzene rings is 1. The van der Waals surface area contributed by atoms with Gasteiger partial charge in [0, 0.05) is 25.1 Å². The first kappa shape index (κ1) is 16.1. The molecule has 0 fully saturated rings. The van der Waals surface area contributed by atoms with Crippen LogP contribution < -0.4 is 0 Å². The van der Waals surface area contributed by atoms with Gasteiger partial charge in [-0.05, 0) is 23.6 Å². The van der Waals surface area contributed by atoms with Gasteiger partial charge in [-0.2, -0.15) is 0 Å². The number of ether oxygens (including phenoxy) is 1. The van der Waals surface area contributed by atoms with Gasteiger partial charge in [0.15, 0.2) is 0 Å². The lowest BCUT2D eigenvalue weighted by Crippen LogP contribution is -2.37. The Balaban J connectivity index is 2.62. The molecule has 0 aliphatic heterocycles. The first-order valence-corrected chi connectivity index (χ1v) is 7.02. The Labute approximate surface area is 121 Å². The second-order valence-corrected chi connectivity index (χ2v) is 5.59. The molecule has 4 heteroatoms. The zero-order valence-electron chi connectivity index (χ0n) is 11.9. The molecule has 19 heavy (non-hydrogen) atoms. The summed E-state index contributed by atoms with van der Waals surface area (Å²) in [5.41, 5.74) is 1.02. The standard InChI is InChI=1S/C15H23NO2S/c1-12(2)11-16(8-9-18-3)15(17)10-13-4-6-14(19)7-5-13/h4-7,12,19H,8-11H2,1-3H3. The predicted octanol–water partition coefficient (Wildman–Crippen LogP) is 2.65. The summed E-state index contributed by atoms with van der Waals surface area (Å²) in [5.74, 6) is 0.610. The number of nitrogens with zero attached hydrogens (tertiary/aromatic N) is 1. The van der Waals surface area contributed by atoms with Crippen molar-refractivity contribution in [3.05, 3.63) is 29.8 Å². The van der Waals surface area contributed by atoms with E-state index >= 15 is 0 Å². The van der Waals surface area contributed by atoms with Crippen LogP contribution in [0.25, 0.3) is 0 Å². The van der Waals surface area contributed by atoms with E-state index in [1.54, 1.807) is 7.11 Å². The predicted molar refractivity (Wildman–Crippen MR) is 80.7 cm³/mol. The molecule has 0 heterocycles. The molecule has 0 spiro atoms. The molecule has 0 aliphatic rings. The van der Waals surface area contributed by atoms with Crippen molar-refractivity contribution in [2.75, 3.05) is 26.8 Å². The Kier molecular flexibility index (Phi) is 6.95. The molecular weight excluding hydrogens is 258 g/mol. The number of thiol groups is 1. The minimum Gasteiger partial charge on any atom is -0.383 e. The number of methoxy groups -OCH3 is 1. The third-order valence-corrected chi connectivity index (χ3v) is 3.09. The number of hydrogen-bond donors (Lipinski definition) is 1. The molecule has 1 amide bonds. The Morgan fingerprint density at radius 1 is 1.32 bits per heavy atom. The molecule has 1 rings (SSSR count). The molecule has 106 valence electrons. The molecule has 0 unspecified atom stereocenters. The van der Waals surface area contributed by atoms with Crippen LogP contribution in [-0.4, -0.2) is 37.6 Å². The summed E-state index contributed by atoms with van der Waals surface area (Å²) in [4.78, 5) is 15.1. The lowest BCUT2D eigenvalue weighted by Gasteiger charge is -2.24. The van der Waals surface area contributed by atoms with E-state index in [9.17, 15) is 4.79 Å². The summed E-state index contributed by atoms with van der Waals surface area (Å²) >= 11 is 4.24. The molecular formula is C15H23NO2S. The summed E-state index contributed by atoms with van der Waals surface area (Å²) in [5, 5.41) is 0. The van der Waals surface area contributed by atoms with Gasteiger partial charge in [0.2, 0.25) is 5.91 Å². The fraction of sp³-hybridized carbons (Fsp3) is 0.533. The maximum absolute atomic E-state index is 12.3. The summed E-state index contributed by atoms with van der Waals surface area (Å²) in [6.45, 7) is 6.23. The van der Waals surface area contributed by atoms with E-state index in [1.807, 2.05) is 29.2 Å². The van der Waals surface area contributed by atoms with Gasteiger partial charge in [-0.3, -0.25) is 4.79 Å². The van der Waals surface area contributed by atoms with Crippen LogP contribution in [0, 0.1) is 5.92 Å². The highest BCUT2D eigenvalue weighted by molar-refractivity contribution is 7.80. The largest absolute Gasteiger partial charge is 0.383 e. The maximum atomic E-state index is 12.3. The number of carbonyl (C=O) groups is 1. The summed E-state index contributed by atoms with van der Waals surface area (Å²) in [7, 11) is 1.66. The minimum atomic E-state index is 0.151. The van der Waals surface area contributed by atoms with Gasteiger partial charge in [-0.15, -0.1) is 12.6 Å². The van der Waals surface area contributed by atoms with Gasteiger partial charge in [-0.1, -0.05) is 26.0 Å². The topological polar surface area (TPSA) is 29.5 Å². The van der Waals surface area contributed by atoms with Gasteiger partial charge in [0.05, 0.1) is 13.0 Å². The number of amides is 1. The van der Waals surface area contributed by atoms with Crippen molar-refractivity contribution in [1.29, 1.82) is 0 Å². The van der Waals surface area contributed by atoms with E-state index in [-0.39, 0.29) is 5.91 Å². The molecule has 0 atom stereocenters. The van der Waals surface area contributed by atoms with Crippen molar-refractivity contribution < 1.29 is 9.53 Å². The lowest BCUT2D eigenvalue weighted by atomic mass is 10.1. The minimum absolute atomic E-state index is 0.151. The van der Waals surface area contributed by atoms with E-state index in [1.165, 1.54) is 0 Å². The highest BCUT2D eigenvalue weighted by Crippen LogP contribution is 2.10. The second-order valence-electron chi connectivity index (χ2n) is 5.07. The summed E-state index contributed by atoms with van der Waals surface area (Å²) in [6.07, 6.45) is 0.435. The average Bonchev–Trinajstić information content (AvgIpc) is 2.36. The highest BCUT2D eigenvalue weighted by atomic mass is 32.1. The van der Waals surface area contributed by atoms with Crippen molar-refractivity contribution >= 4 is 18.5 Å². The maximum Gasteiger partial charge on any atom is 0.227 e. The average molecular weight is 281 g/mol. The normalized spacial score (nSPS) is 10.8. The van der Waals surface area contributed by atoms with Crippen LogP contribution >= 0.6 is 12.6 Å². The Hall–Kier alpha value is -1.00. The fourth-order valence-electron chi connectivity index (χ4n) is 1.86. The number of rotatable bonds is 7. The molecule has 1 aromatic rings. The first-order valence-electron chi connectivity index (χ1n) is 6.57. The molecule has 0 N–H and O–H groups in total. The number of carbonyl (C=O) groups excluding carboxylic acids is 1. The Bertz CT molecular complexity index is 390. The first-order chi connectivity index (χ1) is 9.02. The van der Waals surface area contributed by atoms with Crippen LogP contribution in [-0.2, 0) is 16.0 Å². The van der Waals surface area contributed by atoms with E-state index < -0.39 is 0 Å². The SMILES string of the molecule is COCCN(CC(C)C)C(=O)Cc1ccc(S)cc1. The molecule has 0 radical (unpaired) electrons. The van der Waals surface area contributed by atoms with Gasteiger partial charge in [0.1, 0.15) is 0 Å². The van der Waals surface area contributed by atoms with Crippen LogP contribution in [0.2, 0.25) is 0 Å². The quantitative estimate of drug-likeness (QED) is 0.779. The van der Waals surface area contributed by atoms with Crippen molar-refractivity contribution in [2.24, 2.45) is 5.92 Å². The van der Waals surface area contributed by atoms with Crippen LogP contribution in [0.5, 0.6) is 0 Å². The Morgan fingerprint density at radius 2 is 1.95 bits per heavy atom. The summed E-state index contributed by atoms with van der Waals surface area (Å²) < 4.78 is 5.07. The van der Waals surface area contributed by atoms with Crippen LogP contribution in [0.3, 0.4) is 0 Å². The molecule has 0 aromatic heterocycles. The molecule has 0 saturated carbocycles. The zero-order chi connectivity index (χ0) is 14.3. The van der Waals surface area contributed by atoms with Crippen LogP contribution in [0.4, 0.5) is 0 Å². The van der Waals surface area contributed by atoms with Gasteiger partial charge >= 0.3 is 0 Å². The van der Waals surface area contributed by atoms with Crippen molar-refractivity contribution in [3.63, 3.8) is 0 Å². The van der Waals surface area contributed by atoms with E-state index in [0.717, 1.165) is 17.0 Å². The lowest BCUT2D eigenvalue weighted by molar-refractivity contribution is -0.131. The van der Waals surface area contributed by atoms with E-state index in [4.69, 9.17) is 4.74 Å². The van der Waals surface area contributed by atoms with Crippen molar-refractivity contribution in [1.82, 2.24) is 4.90 Å².